The van der Waals surface area contributed by atoms with E-state index in [2.05, 4.69) is 0 Å². The zero-order chi connectivity index (χ0) is 23.2. The Morgan fingerprint density at radius 3 is 1.69 bits per heavy atom. The number of esters is 1. The number of carbonyl (C=O) groups is 1. The predicted molar refractivity (Wildman–Crippen MR) is 130 cm³/mol. The lowest BCUT2D eigenvalue weighted by molar-refractivity contribution is -0.0420. The van der Waals surface area contributed by atoms with E-state index in [1.54, 1.807) is 12.1 Å². The van der Waals surface area contributed by atoms with Gasteiger partial charge in [-0.1, -0.05) is 82.3 Å². The van der Waals surface area contributed by atoms with Crippen LogP contribution in [0, 0.1) is 11.3 Å². The molecule has 32 heavy (non-hydrogen) atoms. The van der Waals surface area contributed by atoms with Crippen molar-refractivity contribution in [3.05, 3.63) is 96.6 Å². The van der Waals surface area contributed by atoms with Crippen LogP contribution >= 0.6 is 7.37 Å². The van der Waals surface area contributed by atoms with Gasteiger partial charge in [-0.3, -0.25) is 4.57 Å². The van der Waals surface area contributed by atoms with Crippen molar-refractivity contribution in [2.75, 3.05) is 6.61 Å². The molecule has 0 radical (unpaired) electrons. The second-order valence-corrected chi connectivity index (χ2v) is 11.3. The quantitative estimate of drug-likeness (QED) is 0.304. The van der Waals surface area contributed by atoms with Crippen molar-refractivity contribution in [3.8, 4) is 0 Å². The molecule has 0 aromatic heterocycles. The van der Waals surface area contributed by atoms with Crippen LogP contribution in [0.15, 0.2) is 91.0 Å². The van der Waals surface area contributed by atoms with E-state index < -0.39 is 18.9 Å². The molecule has 0 heterocycles. The van der Waals surface area contributed by atoms with E-state index in [9.17, 15) is 9.36 Å². The molecule has 0 saturated heterocycles. The number of carbonyl (C=O) groups excluding carboxylic acids is 1. The van der Waals surface area contributed by atoms with Crippen LogP contribution in [0.3, 0.4) is 0 Å². The first-order valence-corrected chi connectivity index (χ1v) is 12.5. The molecule has 4 nitrogen and oxygen atoms in total. The topological polar surface area (TPSA) is 52.6 Å². The Labute approximate surface area is 191 Å². The van der Waals surface area contributed by atoms with Gasteiger partial charge < -0.3 is 9.26 Å². The van der Waals surface area contributed by atoms with Crippen LogP contribution in [0.4, 0.5) is 0 Å². The van der Waals surface area contributed by atoms with Crippen LogP contribution in [0.1, 0.15) is 38.1 Å². The molecule has 1 atom stereocenters. The Balaban J connectivity index is 1.85. The highest BCUT2D eigenvalue weighted by Gasteiger charge is 2.39. The van der Waals surface area contributed by atoms with E-state index in [0.29, 0.717) is 16.2 Å². The average molecular weight is 451 g/mol. The van der Waals surface area contributed by atoms with Crippen molar-refractivity contribution < 1.29 is 18.6 Å². The lowest BCUT2D eigenvalue weighted by Crippen LogP contribution is -2.41. The van der Waals surface area contributed by atoms with E-state index in [4.69, 9.17) is 9.26 Å². The van der Waals surface area contributed by atoms with Crippen molar-refractivity contribution in [3.63, 3.8) is 0 Å². The van der Waals surface area contributed by atoms with Gasteiger partial charge in [-0.05, 0) is 42.3 Å². The fraction of sp³-hybridized carbons (Fsp3) is 0.296. The van der Waals surface area contributed by atoms with Gasteiger partial charge in [0.05, 0.1) is 12.2 Å². The Kier molecular flexibility index (Phi) is 7.71. The monoisotopic (exact) mass is 450 g/mol. The first kappa shape index (κ1) is 24.0. The van der Waals surface area contributed by atoms with Crippen LogP contribution in [-0.4, -0.2) is 18.7 Å². The maximum atomic E-state index is 14.2. The van der Waals surface area contributed by atoms with Crippen LogP contribution in [0.25, 0.3) is 0 Å². The van der Waals surface area contributed by atoms with Crippen molar-refractivity contribution in [2.24, 2.45) is 11.3 Å². The Morgan fingerprint density at radius 2 is 1.25 bits per heavy atom. The summed E-state index contributed by atoms with van der Waals surface area (Å²) in [4.78, 5) is 12.7. The summed E-state index contributed by atoms with van der Waals surface area (Å²) in [6, 6.07) is 27.5. The third-order valence-electron chi connectivity index (χ3n) is 5.43. The molecule has 1 unspecified atom stereocenters. The first-order chi connectivity index (χ1) is 15.2. The molecule has 0 amide bonds. The van der Waals surface area contributed by atoms with E-state index in [1.807, 2.05) is 107 Å². The molecule has 0 aliphatic rings. The summed E-state index contributed by atoms with van der Waals surface area (Å²) < 4.78 is 26.3. The van der Waals surface area contributed by atoms with E-state index in [1.165, 1.54) is 0 Å². The lowest BCUT2D eigenvalue weighted by atomic mass is 9.81. The number of rotatable bonds is 9. The van der Waals surface area contributed by atoms with Gasteiger partial charge in [-0.2, -0.15) is 0 Å². The third-order valence-corrected chi connectivity index (χ3v) is 7.88. The Morgan fingerprint density at radius 1 is 0.812 bits per heavy atom. The summed E-state index contributed by atoms with van der Waals surface area (Å²) in [6.45, 7) is 8.16. The molecule has 0 saturated carbocycles. The molecule has 5 heteroatoms. The smallest absolute Gasteiger partial charge is 0.338 e. The maximum absolute atomic E-state index is 14.2. The second-order valence-electron chi connectivity index (χ2n) is 8.92. The molecule has 3 aromatic rings. The summed E-state index contributed by atoms with van der Waals surface area (Å²) >= 11 is 0. The molecule has 3 rings (SSSR count). The molecule has 0 aliphatic heterocycles. The Hall–Kier alpha value is -2.68. The van der Waals surface area contributed by atoms with E-state index in [0.717, 1.165) is 0 Å². The van der Waals surface area contributed by atoms with Crippen molar-refractivity contribution in [1.82, 2.24) is 0 Å². The van der Waals surface area contributed by atoms with Gasteiger partial charge in [0.1, 0.15) is 6.10 Å². The highest BCUT2D eigenvalue weighted by molar-refractivity contribution is 7.74. The lowest BCUT2D eigenvalue weighted by Gasteiger charge is -2.37. The first-order valence-electron chi connectivity index (χ1n) is 10.9. The standard InChI is InChI=1S/C27H31O4P/c1-21(2)25(31-26(28)22-14-8-5-9-15-22)27(3,4)20-30-32(29,23-16-10-6-11-17-23)24-18-12-7-13-19-24/h5-19,21,25H,20H2,1-4H3. The Bertz CT molecular complexity index is 1000. The molecule has 168 valence electrons. The van der Waals surface area contributed by atoms with Crippen LogP contribution in [-0.2, 0) is 13.8 Å². The predicted octanol–water partition coefficient (Wildman–Crippen LogP) is 5.84. The van der Waals surface area contributed by atoms with E-state index >= 15 is 0 Å². The van der Waals surface area contributed by atoms with Crippen LogP contribution in [0.5, 0.6) is 0 Å². The molecule has 3 aromatic carbocycles. The molecular weight excluding hydrogens is 419 g/mol. The van der Waals surface area contributed by atoms with E-state index in [-0.39, 0.29) is 18.5 Å². The second kappa shape index (κ2) is 10.3. The maximum Gasteiger partial charge on any atom is 0.338 e. The fourth-order valence-corrected chi connectivity index (χ4v) is 6.08. The van der Waals surface area contributed by atoms with Crippen LogP contribution in [0.2, 0.25) is 0 Å². The van der Waals surface area contributed by atoms with Crippen molar-refractivity contribution in [1.29, 1.82) is 0 Å². The number of hydrogen-bond donors (Lipinski definition) is 0. The SMILES string of the molecule is CC(C)C(OC(=O)c1ccccc1)C(C)(C)COP(=O)(c1ccccc1)c1ccccc1. The molecular formula is C27H31O4P. The summed E-state index contributed by atoms with van der Waals surface area (Å²) in [5.41, 5.74) is -0.0632. The van der Waals surface area contributed by atoms with Gasteiger partial charge in [-0.15, -0.1) is 0 Å². The van der Waals surface area contributed by atoms with Gasteiger partial charge >= 0.3 is 5.97 Å². The van der Waals surface area contributed by atoms with Crippen molar-refractivity contribution in [2.45, 2.75) is 33.8 Å². The minimum absolute atomic E-state index is 0.0501. The molecule has 0 fully saturated rings. The number of ether oxygens (including phenoxy) is 1. The third kappa shape index (κ3) is 5.56. The van der Waals surface area contributed by atoms with Gasteiger partial charge in [0, 0.05) is 16.0 Å². The number of hydrogen-bond acceptors (Lipinski definition) is 4. The minimum Gasteiger partial charge on any atom is -0.458 e. The molecule has 0 spiro atoms. The molecule has 0 N–H and O–H groups in total. The van der Waals surface area contributed by atoms with Gasteiger partial charge in [0.2, 0.25) is 0 Å². The van der Waals surface area contributed by atoms with Gasteiger partial charge in [0.15, 0.2) is 0 Å². The average Bonchev–Trinajstić information content (AvgIpc) is 2.82. The van der Waals surface area contributed by atoms with Crippen molar-refractivity contribution >= 4 is 23.9 Å². The van der Waals surface area contributed by atoms with Crippen LogP contribution < -0.4 is 10.6 Å². The molecule has 0 aliphatic carbocycles. The summed E-state index contributed by atoms with van der Waals surface area (Å²) in [7, 11) is -3.32. The minimum atomic E-state index is -3.32. The van der Waals surface area contributed by atoms with Gasteiger partial charge in [0.25, 0.3) is 7.37 Å². The highest BCUT2D eigenvalue weighted by Crippen LogP contribution is 2.47. The normalized spacial score (nSPS) is 13.0. The summed E-state index contributed by atoms with van der Waals surface area (Å²) in [5.74, 6) is -0.319. The van der Waals surface area contributed by atoms with Gasteiger partial charge in [-0.25, -0.2) is 4.79 Å². The number of benzene rings is 3. The fourth-order valence-electron chi connectivity index (χ4n) is 3.84. The summed E-state index contributed by atoms with van der Waals surface area (Å²) in [6.07, 6.45) is -0.421. The highest BCUT2D eigenvalue weighted by atomic mass is 31.2. The largest absolute Gasteiger partial charge is 0.458 e. The zero-order valence-electron chi connectivity index (χ0n) is 19.1. The molecule has 0 bridgehead atoms. The summed E-state index contributed by atoms with van der Waals surface area (Å²) in [5, 5.41) is 1.29. The zero-order valence-corrected chi connectivity index (χ0v) is 20.0.